The zero-order valence-corrected chi connectivity index (χ0v) is 22.3. The van der Waals surface area contributed by atoms with Gasteiger partial charge in [0, 0.05) is 61.0 Å². The van der Waals surface area contributed by atoms with Crippen molar-refractivity contribution >= 4 is 21.8 Å². The number of rotatable bonds is 8. The van der Waals surface area contributed by atoms with Crippen LogP contribution in [0.3, 0.4) is 0 Å². The molecule has 1 aromatic heterocycles. The minimum atomic E-state index is 0.167. The second kappa shape index (κ2) is 12.3. The van der Waals surface area contributed by atoms with Gasteiger partial charge in [-0.15, -0.1) is 0 Å². The lowest BCUT2D eigenvalue weighted by Crippen LogP contribution is -2.60. The van der Waals surface area contributed by atoms with Crippen LogP contribution >= 0.6 is 15.9 Å². The zero-order valence-electron chi connectivity index (χ0n) is 20.7. The van der Waals surface area contributed by atoms with Crippen molar-refractivity contribution in [2.75, 3.05) is 26.2 Å². The number of carbonyl (C=O) groups is 1. The molecule has 0 aliphatic carbocycles. The maximum atomic E-state index is 13.7. The molecule has 1 aromatic carbocycles. The fourth-order valence-electron chi connectivity index (χ4n) is 5.59. The number of hydrogen-bond donors (Lipinski definition) is 0. The molecule has 2 aliphatic rings. The first-order valence-corrected chi connectivity index (χ1v) is 13.8. The van der Waals surface area contributed by atoms with Crippen LogP contribution in [0.15, 0.2) is 53.3 Å². The van der Waals surface area contributed by atoms with Crippen molar-refractivity contribution in [3.8, 4) is 0 Å². The van der Waals surface area contributed by atoms with E-state index in [4.69, 9.17) is 0 Å². The Bertz CT molecular complexity index is 916. The van der Waals surface area contributed by atoms with Crippen LogP contribution in [0.1, 0.15) is 57.1 Å². The Kier molecular flexibility index (Phi) is 9.15. The standard InChI is InChI=1S/C28H39BrN4O/c1-3-7-26-21-33(25(4-2)20-32(26)19-24-8-5-6-9-27(24)29)28(34)23-12-16-31(17-13-23)18-22-10-14-30-15-11-22/h5-6,8-11,14-15,23,25-26H,3-4,7,12-13,16-21H2,1-2H3. The fourth-order valence-corrected chi connectivity index (χ4v) is 6.00. The Balaban J connectivity index is 1.38. The molecule has 5 nitrogen and oxygen atoms in total. The largest absolute Gasteiger partial charge is 0.337 e. The first-order valence-electron chi connectivity index (χ1n) is 13.0. The van der Waals surface area contributed by atoms with Crippen LogP contribution in [0.2, 0.25) is 0 Å². The molecule has 0 spiro atoms. The first-order chi connectivity index (χ1) is 16.6. The van der Waals surface area contributed by atoms with Crippen molar-refractivity contribution in [3.63, 3.8) is 0 Å². The van der Waals surface area contributed by atoms with E-state index in [0.717, 1.165) is 71.4 Å². The summed E-state index contributed by atoms with van der Waals surface area (Å²) in [4.78, 5) is 25.2. The molecule has 0 N–H and O–H groups in total. The number of amides is 1. The fraction of sp³-hybridized carbons (Fsp3) is 0.571. The minimum Gasteiger partial charge on any atom is -0.337 e. The smallest absolute Gasteiger partial charge is 0.226 e. The zero-order chi connectivity index (χ0) is 23.9. The summed E-state index contributed by atoms with van der Waals surface area (Å²) in [6.07, 6.45) is 8.95. The summed E-state index contributed by atoms with van der Waals surface area (Å²) in [7, 11) is 0. The Hall–Kier alpha value is -1.76. The monoisotopic (exact) mass is 526 g/mol. The second-order valence-corrected chi connectivity index (χ2v) is 10.8. The molecule has 34 heavy (non-hydrogen) atoms. The first kappa shape index (κ1) is 25.3. The van der Waals surface area contributed by atoms with Gasteiger partial charge in [0.25, 0.3) is 0 Å². The summed E-state index contributed by atoms with van der Waals surface area (Å²) in [6, 6.07) is 13.4. The average molecular weight is 528 g/mol. The number of pyridine rings is 1. The summed E-state index contributed by atoms with van der Waals surface area (Å²) in [5, 5.41) is 0. The Morgan fingerprint density at radius 1 is 1.00 bits per heavy atom. The van der Waals surface area contributed by atoms with E-state index in [1.165, 1.54) is 15.6 Å². The van der Waals surface area contributed by atoms with Crippen molar-refractivity contribution in [1.82, 2.24) is 19.7 Å². The topological polar surface area (TPSA) is 39.7 Å². The number of likely N-dealkylation sites (tertiary alicyclic amines) is 1. The molecule has 2 saturated heterocycles. The van der Waals surface area contributed by atoms with Crippen LogP contribution in [-0.4, -0.2) is 63.9 Å². The lowest BCUT2D eigenvalue weighted by Gasteiger charge is -2.48. The van der Waals surface area contributed by atoms with E-state index in [0.29, 0.717) is 18.0 Å². The van der Waals surface area contributed by atoms with E-state index >= 15 is 0 Å². The van der Waals surface area contributed by atoms with Gasteiger partial charge < -0.3 is 4.90 Å². The van der Waals surface area contributed by atoms with Gasteiger partial charge in [-0.3, -0.25) is 19.6 Å². The predicted molar refractivity (Wildman–Crippen MR) is 141 cm³/mol. The molecule has 2 aliphatic heterocycles. The highest BCUT2D eigenvalue weighted by Gasteiger charge is 2.38. The lowest BCUT2D eigenvalue weighted by molar-refractivity contribution is -0.144. The molecule has 0 radical (unpaired) electrons. The Labute approximate surface area is 213 Å². The number of benzene rings is 1. The third-order valence-corrected chi connectivity index (χ3v) is 8.38. The maximum absolute atomic E-state index is 13.7. The summed E-state index contributed by atoms with van der Waals surface area (Å²) in [5.41, 5.74) is 2.63. The van der Waals surface area contributed by atoms with E-state index in [2.05, 4.69) is 85.9 Å². The van der Waals surface area contributed by atoms with Gasteiger partial charge in [0.15, 0.2) is 0 Å². The third kappa shape index (κ3) is 6.27. The highest BCUT2D eigenvalue weighted by molar-refractivity contribution is 9.10. The van der Waals surface area contributed by atoms with Gasteiger partial charge in [-0.05, 0) is 68.1 Å². The second-order valence-electron chi connectivity index (χ2n) is 9.92. The third-order valence-electron chi connectivity index (χ3n) is 7.61. The highest BCUT2D eigenvalue weighted by Crippen LogP contribution is 2.29. The van der Waals surface area contributed by atoms with E-state index in [-0.39, 0.29) is 5.92 Å². The van der Waals surface area contributed by atoms with Gasteiger partial charge in [-0.2, -0.15) is 0 Å². The van der Waals surface area contributed by atoms with Gasteiger partial charge in [-0.1, -0.05) is 54.4 Å². The summed E-state index contributed by atoms with van der Waals surface area (Å²) in [6.45, 7) is 10.2. The Morgan fingerprint density at radius 3 is 2.41 bits per heavy atom. The molecule has 2 aromatic rings. The summed E-state index contributed by atoms with van der Waals surface area (Å²) < 4.78 is 1.18. The molecule has 2 atom stereocenters. The van der Waals surface area contributed by atoms with E-state index < -0.39 is 0 Å². The average Bonchev–Trinajstić information content (AvgIpc) is 2.87. The molecule has 0 bridgehead atoms. The number of halogens is 1. The highest BCUT2D eigenvalue weighted by atomic mass is 79.9. The molecule has 1 amide bonds. The van der Waals surface area contributed by atoms with Crippen molar-refractivity contribution in [2.45, 2.75) is 71.1 Å². The van der Waals surface area contributed by atoms with Gasteiger partial charge in [0.2, 0.25) is 5.91 Å². The van der Waals surface area contributed by atoms with Crippen molar-refractivity contribution in [3.05, 3.63) is 64.4 Å². The molecule has 0 saturated carbocycles. The van der Waals surface area contributed by atoms with Crippen LogP contribution < -0.4 is 0 Å². The van der Waals surface area contributed by atoms with Crippen molar-refractivity contribution in [2.24, 2.45) is 5.92 Å². The molecular formula is C28H39BrN4O. The van der Waals surface area contributed by atoms with Gasteiger partial charge in [0.1, 0.15) is 0 Å². The number of nitrogens with zero attached hydrogens (tertiary/aromatic N) is 4. The molecule has 3 heterocycles. The van der Waals surface area contributed by atoms with Crippen LogP contribution in [-0.2, 0) is 17.9 Å². The summed E-state index contributed by atoms with van der Waals surface area (Å²) in [5.74, 6) is 0.567. The van der Waals surface area contributed by atoms with Crippen LogP contribution in [0.4, 0.5) is 0 Å². The molecular weight excluding hydrogens is 488 g/mol. The minimum absolute atomic E-state index is 0.167. The SMILES string of the molecule is CCCC1CN(C(=O)C2CCN(Cc3ccncc3)CC2)C(CC)CN1Cc1ccccc1Br. The molecule has 2 unspecified atom stereocenters. The van der Waals surface area contributed by atoms with Gasteiger partial charge in [-0.25, -0.2) is 0 Å². The molecule has 4 rings (SSSR count). The number of aromatic nitrogens is 1. The van der Waals surface area contributed by atoms with Gasteiger partial charge in [0.05, 0.1) is 0 Å². The van der Waals surface area contributed by atoms with E-state index in [9.17, 15) is 4.79 Å². The van der Waals surface area contributed by atoms with Crippen molar-refractivity contribution < 1.29 is 4.79 Å². The number of carbonyl (C=O) groups excluding carboxylic acids is 1. The number of piperazine rings is 1. The molecule has 6 heteroatoms. The normalized spacial score (nSPS) is 22.7. The van der Waals surface area contributed by atoms with E-state index in [1.54, 1.807) is 0 Å². The molecule has 184 valence electrons. The van der Waals surface area contributed by atoms with Crippen LogP contribution in [0.25, 0.3) is 0 Å². The van der Waals surface area contributed by atoms with Crippen molar-refractivity contribution in [1.29, 1.82) is 0 Å². The Morgan fingerprint density at radius 2 is 1.74 bits per heavy atom. The quantitative estimate of drug-likeness (QED) is 0.464. The maximum Gasteiger partial charge on any atom is 0.226 e. The molecule has 2 fully saturated rings. The van der Waals surface area contributed by atoms with E-state index in [1.807, 2.05) is 12.4 Å². The van der Waals surface area contributed by atoms with Crippen LogP contribution in [0, 0.1) is 5.92 Å². The number of hydrogen-bond acceptors (Lipinski definition) is 4. The predicted octanol–water partition coefficient (Wildman–Crippen LogP) is 5.35. The number of piperidine rings is 1. The van der Waals surface area contributed by atoms with Crippen LogP contribution in [0.5, 0.6) is 0 Å². The lowest BCUT2D eigenvalue weighted by atomic mass is 9.92. The van der Waals surface area contributed by atoms with Gasteiger partial charge >= 0.3 is 0 Å². The summed E-state index contributed by atoms with van der Waals surface area (Å²) >= 11 is 3.73.